The first-order valence-electron chi connectivity index (χ1n) is 8.52. The van der Waals surface area contributed by atoms with E-state index in [0.717, 1.165) is 23.8 Å². The Morgan fingerprint density at radius 3 is 2.46 bits per heavy atom. The van der Waals surface area contributed by atoms with E-state index in [1.807, 2.05) is 29.2 Å². The Morgan fingerprint density at radius 2 is 1.73 bits per heavy atom. The second-order valence-corrected chi connectivity index (χ2v) is 7.19. The van der Waals surface area contributed by atoms with E-state index in [0.29, 0.717) is 23.5 Å². The largest absolute Gasteiger partial charge is 0.353 e. The molecule has 0 saturated carbocycles. The van der Waals surface area contributed by atoms with Gasteiger partial charge in [-0.05, 0) is 30.3 Å². The maximum absolute atomic E-state index is 13.9. The van der Waals surface area contributed by atoms with Crippen molar-refractivity contribution in [1.29, 1.82) is 0 Å². The monoisotopic (exact) mass is 367 g/mol. The van der Waals surface area contributed by atoms with Crippen LogP contribution in [0.1, 0.15) is 9.67 Å². The molecule has 1 amide bonds. The summed E-state index contributed by atoms with van der Waals surface area (Å²) in [4.78, 5) is 22.6. The molecule has 0 radical (unpaired) electrons. The maximum atomic E-state index is 13.9. The van der Waals surface area contributed by atoms with Crippen molar-refractivity contribution in [3.05, 3.63) is 71.5 Å². The summed E-state index contributed by atoms with van der Waals surface area (Å²) in [6.45, 7) is 2.83. The molecule has 1 aromatic carbocycles. The number of pyridine rings is 1. The summed E-state index contributed by atoms with van der Waals surface area (Å²) in [6.07, 6.45) is 1.78. The molecule has 0 unspecified atom stereocenters. The first-order valence-corrected chi connectivity index (χ1v) is 9.34. The first kappa shape index (κ1) is 16.7. The van der Waals surface area contributed by atoms with E-state index in [2.05, 4.69) is 9.88 Å². The fourth-order valence-electron chi connectivity index (χ4n) is 3.09. The van der Waals surface area contributed by atoms with E-state index in [9.17, 15) is 9.18 Å². The molecule has 1 saturated heterocycles. The highest BCUT2D eigenvalue weighted by atomic mass is 32.1. The van der Waals surface area contributed by atoms with Gasteiger partial charge in [0.2, 0.25) is 0 Å². The van der Waals surface area contributed by atoms with Crippen LogP contribution in [0.15, 0.2) is 60.8 Å². The number of aromatic nitrogens is 1. The van der Waals surface area contributed by atoms with E-state index in [-0.39, 0.29) is 11.7 Å². The molecule has 6 heteroatoms. The van der Waals surface area contributed by atoms with Crippen LogP contribution in [0.2, 0.25) is 0 Å². The van der Waals surface area contributed by atoms with Crippen molar-refractivity contribution in [2.75, 3.05) is 31.1 Å². The Bertz CT molecular complexity index is 904. The standard InChI is InChI=1S/C20H18FN3OS/c21-16-6-2-1-5-15(16)17-8-9-18(26-17)20(25)24-13-11-23(12-14-24)19-7-3-4-10-22-19/h1-10H,11-14H2. The number of amides is 1. The third-order valence-corrected chi connectivity index (χ3v) is 5.60. The number of halogens is 1. The molecular formula is C20H18FN3OS. The second-order valence-electron chi connectivity index (χ2n) is 6.11. The maximum Gasteiger partial charge on any atom is 0.264 e. The highest BCUT2D eigenvalue weighted by Gasteiger charge is 2.24. The van der Waals surface area contributed by atoms with E-state index >= 15 is 0 Å². The number of carbonyl (C=O) groups excluding carboxylic acids is 1. The number of piperazine rings is 1. The summed E-state index contributed by atoms with van der Waals surface area (Å²) in [5.41, 5.74) is 0.538. The van der Waals surface area contributed by atoms with E-state index in [4.69, 9.17) is 0 Å². The van der Waals surface area contributed by atoms with Gasteiger partial charge >= 0.3 is 0 Å². The third-order valence-electron chi connectivity index (χ3n) is 4.50. The summed E-state index contributed by atoms with van der Waals surface area (Å²) < 4.78 is 13.9. The molecular weight excluding hydrogens is 349 g/mol. The van der Waals surface area contributed by atoms with E-state index < -0.39 is 0 Å². The minimum absolute atomic E-state index is 0.0123. The Morgan fingerprint density at radius 1 is 0.962 bits per heavy atom. The molecule has 1 fully saturated rings. The SMILES string of the molecule is O=C(c1ccc(-c2ccccc2F)s1)N1CCN(c2ccccn2)CC1. The molecule has 2 aromatic heterocycles. The lowest BCUT2D eigenvalue weighted by Crippen LogP contribution is -2.48. The molecule has 0 atom stereocenters. The molecule has 3 heterocycles. The van der Waals surface area contributed by atoms with Crippen LogP contribution < -0.4 is 4.90 Å². The number of hydrogen-bond acceptors (Lipinski definition) is 4. The summed E-state index contributed by atoms with van der Waals surface area (Å²) in [5, 5.41) is 0. The summed E-state index contributed by atoms with van der Waals surface area (Å²) in [7, 11) is 0. The minimum Gasteiger partial charge on any atom is -0.353 e. The van der Waals surface area contributed by atoms with Crippen molar-refractivity contribution in [2.24, 2.45) is 0 Å². The minimum atomic E-state index is -0.266. The molecule has 0 N–H and O–H groups in total. The smallest absolute Gasteiger partial charge is 0.264 e. The van der Waals surface area contributed by atoms with Crippen LogP contribution in [0, 0.1) is 5.82 Å². The van der Waals surface area contributed by atoms with Gasteiger partial charge in [-0.15, -0.1) is 11.3 Å². The molecule has 0 spiro atoms. The lowest BCUT2D eigenvalue weighted by atomic mass is 10.2. The van der Waals surface area contributed by atoms with Crippen molar-refractivity contribution in [1.82, 2.24) is 9.88 Å². The van der Waals surface area contributed by atoms with Gasteiger partial charge < -0.3 is 9.80 Å². The molecule has 1 aliphatic rings. The zero-order chi connectivity index (χ0) is 17.9. The van der Waals surface area contributed by atoms with Gasteiger partial charge in [-0.25, -0.2) is 9.37 Å². The quantitative estimate of drug-likeness (QED) is 0.704. The molecule has 26 heavy (non-hydrogen) atoms. The third kappa shape index (κ3) is 3.32. The van der Waals surface area contributed by atoms with Crippen molar-refractivity contribution >= 4 is 23.1 Å². The predicted octanol–water partition coefficient (Wildman–Crippen LogP) is 3.91. The fourth-order valence-corrected chi connectivity index (χ4v) is 4.09. The number of rotatable bonds is 3. The first-order chi connectivity index (χ1) is 12.7. The van der Waals surface area contributed by atoms with Crippen LogP contribution in [-0.4, -0.2) is 42.0 Å². The Hall–Kier alpha value is -2.73. The van der Waals surface area contributed by atoms with Gasteiger partial charge in [-0.3, -0.25) is 4.79 Å². The Kier molecular flexibility index (Phi) is 4.67. The number of nitrogens with zero attached hydrogens (tertiary/aromatic N) is 3. The molecule has 3 aromatic rings. The van der Waals surface area contributed by atoms with Crippen LogP contribution in [0.25, 0.3) is 10.4 Å². The highest BCUT2D eigenvalue weighted by molar-refractivity contribution is 7.17. The highest BCUT2D eigenvalue weighted by Crippen LogP contribution is 2.30. The number of hydrogen-bond donors (Lipinski definition) is 0. The zero-order valence-electron chi connectivity index (χ0n) is 14.1. The van der Waals surface area contributed by atoms with Gasteiger partial charge in [-0.1, -0.05) is 24.3 Å². The van der Waals surface area contributed by atoms with Crippen LogP contribution in [0.4, 0.5) is 10.2 Å². The zero-order valence-corrected chi connectivity index (χ0v) is 15.0. The lowest BCUT2D eigenvalue weighted by molar-refractivity contribution is 0.0751. The number of benzene rings is 1. The number of carbonyl (C=O) groups is 1. The normalized spacial score (nSPS) is 14.5. The van der Waals surface area contributed by atoms with Crippen LogP contribution >= 0.6 is 11.3 Å². The molecule has 132 valence electrons. The Labute approximate surface area is 155 Å². The topological polar surface area (TPSA) is 36.4 Å². The van der Waals surface area contributed by atoms with E-state index in [1.165, 1.54) is 17.4 Å². The van der Waals surface area contributed by atoms with Gasteiger partial charge in [0.15, 0.2) is 0 Å². The van der Waals surface area contributed by atoms with Crippen molar-refractivity contribution < 1.29 is 9.18 Å². The molecule has 0 bridgehead atoms. The summed E-state index contributed by atoms with van der Waals surface area (Å²) >= 11 is 1.34. The van der Waals surface area contributed by atoms with Crippen molar-refractivity contribution in [2.45, 2.75) is 0 Å². The van der Waals surface area contributed by atoms with Gasteiger partial charge in [0.05, 0.1) is 4.88 Å². The van der Waals surface area contributed by atoms with Gasteiger partial charge in [-0.2, -0.15) is 0 Å². The van der Waals surface area contributed by atoms with Crippen molar-refractivity contribution in [3.8, 4) is 10.4 Å². The predicted molar refractivity (Wildman–Crippen MR) is 102 cm³/mol. The van der Waals surface area contributed by atoms with Crippen molar-refractivity contribution in [3.63, 3.8) is 0 Å². The van der Waals surface area contributed by atoms with Gasteiger partial charge in [0, 0.05) is 42.8 Å². The van der Waals surface area contributed by atoms with Gasteiger partial charge in [0.25, 0.3) is 5.91 Å². The molecule has 0 aliphatic carbocycles. The second kappa shape index (κ2) is 7.25. The van der Waals surface area contributed by atoms with E-state index in [1.54, 1.807) is 30.5 Å². The van der Waals surface area contributed by atoms with Gasteiger partial charge in [0.1, 0.15) is 11.6 Å². The summed E-state index contributed by atoms with van der Waals surface area (Å²) in [6, 6.07) is 16.1. The average molecular weight is 367 g/mol. The van der Waals surface area contributed by atoms with Crippen LogP contribution in [0.3, 0.4) is 0 Å². The fraction of sp³-hybridized carbons (Fsp3) is 0.200. The van der Waals surface area contributed by atoms with Crippen LogP contribution in [-0.2, 0) is 0 Å². The summed E-state index contributed by atoms with van der Waals surface area (Å²) in [5.74, 6) is 0.688. The molecule has 4 nitrogen and oxygen atoms in total. The Balaban J connectivity index is 1.44. The lowest BCUT2D eigenvalue weighted by Gasteiger charge is -2.35. The molecule has 4 rings (SSSR count). The average Bonchev–Trinajstić information content (AvgIpc) is 3.18. The molecule has 1 aliphatic heterocycles. The number of anilines is 1. The number of thiophene rings is 1. The van der Waals surface area contributed by atoms with Crippen LogP contribution in [0.5, 0.6) is 0 Å².